The molecule has 0 amide bonds. The van der Waals surface area contributed by atoms with Crippen molar-refractivity contribution in [1.82, 2.24) is 10.3 Å². The summed E-state index contributed by atoms with van der Waals surface area (Å²) in [6.45, 7) is 3.21. The number of aryl methyl sites for hydroxylation is 1. The van der Waals surface area contributed by atoms with Crippen molar-refractivity contribution in [2.45, 2.75) is 19.9 Å². The first-order chi connectivity index (χ1) is 14.1. The van der Waals surface area contributed by atoms with Gasteiger partial charge in [-0.3, -0.25) is 0 Å². The van der Waals surface area contributed by atoms with Crippen LogP contribution in [0.15, 0.2) is 52.8 Å². The van der Waals surface area contributed by atoms with E-state index >= 15 is 0 Å². The second kappa shape index (κ2) is 11.8. The van der Waals surface area contributed by atoms with Gasteiger partial charge >= 0.3 is 0 Å². The molecular formula is C22H27IN4O2S. The Labute approximate surface area is 198 Å². The molecule has 1 aromatic heterocycles. The van der Waals surface area contributed by atoms with Gasteiger partial charge in [-0.2, -0.15) is 0 Å². The van der Waals surface area contributed by atoms with Crippen LogP contribution in [-0.4, -0.2) is 31.7 Å². The number of rotatable bonds is 8. The van der Waals surface area contributed by atoms with Gasteiger partial charge in [0.1, 0.15) is 0 Å². The van der Waals surface area contributed by atoms with Crippen LogP contribution in [0.25, 0.3) is 11.3 Å². The van der Waals surface area contributed by atoms with Crippen LogP contribution < -0.4 is 20.5 Å². The van der Waals surface area contributed by atoms with Gasteiger partial charge in [0.25, 0.3) is 0 Å². The van der Waals surface area contributed by atoms with E-state index in [9.17, 15) is 0 Å². The summed E-state index contributed by atoms with van der Waals surface area (Å²) in [5.74, 6) is 1.81. The Morgan fingerprint density at radius 1 is 1.07 bits per heavy atom. The summed E-state index contributed by atoms with van der Waals surface area (Å²) in [5.41, 5.74) is 10.4. The second-order valence-electron chi connectivity index (χ2n) is 6.52. The molecule has 0 aliphatic carbocycles. The number of halogens is 1. The minimum absolute atomic E-state index is 0. The predicted octanol–water partition coefficient (Wildman–Crippen LogP) is 4.40. The summed E-state index contributed by atoms with van der Waals surface area (Å²) < 4.78 is 10.6. The van der Waals surface area contributed by atoms with Crippen molar-refractivity contribution in [2.24, 2.45) is 10.7 Å². The summed E-state index contributed by atoms with van der Waals surface area (Å²) in [6.07, 6.45) is 0.864. The molecule has 0 aliphatic heterocycles. The fourth-order valence-corrected chi connectivity index (χ4v) is 3.51. The molecule has 0 atom stereocenters. The molecule has 0 bridgehead atoms. The highest BCUT2D eigenvalue weighted by Gasteiger charge is 2.05. The lowest BCUT2D eigenvalue weighted by Gasteiger charge is -2.09. The molecule has 0 aliphatic rings. The number of nitrogens with zero attached hydrogens (tertiary/aromatic N) is 2. The molecule has 8 heteroatoms. The number of aromatic nitrogens is 1. The van der Waals surface area contributed by atoms with Gasteiger partial charge in [0.15, 0.2) is 17.5 Å². The Kier molecular flexibility index (Phi) is 9.38. The number of benzene rings is 2. The topological polar surface area (TPSA) is 81.8 Å². The van der Waals surface area contributed by atoms with E-state index in [-0.39, 0.29) is 24.0 Å². The smallest absolute Gasteiger partial charge is 0.188 e. The van der Waals surface area contributed by atoms with Gasteiger partial charge in [-0.05, 0) is 36.6 Å². The summed E-state index contributed by atoms with van der Waals surface area (Å²) in [4.78, 5) is 8.91. The van der Waals surface area contributed by atoms with Crippen molar-refractivity contribution in [3.63, 3.8) is 0 Å². The van der Waals surface area contributed by atoms with Crippen LogP contribution in [0.4, 0.5) is 0 Å². The Balaban J connectivity index is 0.00000320. The monoisotopic (exact) mass is 538 g/mol. The lowest BCUT2D eigenvalue weighted by atomic mass is 10.1. The first-order valence-corrected chi connectivity index (χ1v) is 10.2. The van der Waals surface area contributed by atoms with Crippen molar-refractivity contribution in [1.29, 1.82) is 0 Å². The number of ether oxygens (including phenoxy) is 2. The Bertz CT molecular complexity index is 974. The fraction of sp³-hybridized carbons (Fsp3) is 0.273. The lowest BCUT2D eigenvalue weighted by Crippen LogP contribution is -2.33. The van der Waals surface area contributed by atoms with Gasteiger partial charge in [0.05, 0.1) is 31.5 Å². The van der Waals surface area contributed by atoms with Gasteiger partial charge in [-0.25, -0.2) is 9.98 Å². The first kappa shape index (κ1) is 23.9. The van der Waals surface area contributed by atoms with E-state index in [0.717, 1.165) is 34.8 Å². The molecular weight excluding hydrogens is 511 g/mol. The first-order valence-electron chi connectivity index (χ1n) is 9.35. The quantitative estimate of drug-likeness (QED) is 0.253. The zero-order chi connectivity index (χ0) is 20.6. The fourth-order valence-electron chi connectivity index (χ4n) is 2.88. The van der Waals surface area contributed by atoms with Crippen LogP contribution in [0.3, 0.4) is 0 Å². The molecule has 2 aromatic carbocycles. The molecule has 0 spiro atoms. The highest BCUT2D eigenvalue weighted by molar-refractivity contribution is 14.0. The number of methoxy groups -OCH3 is 2. The number of nitrogens with one attached hydrogen (secondary N) is 1. The molecule has 1 heterocycles. The van der Waals surface area contributed by atoms with Crippen LogP contribution in [0, 0.1) is 6.92 Å². The molecule has 3 aromatic rings. The van der Waals surface area contributed by atoms with Crippen LogP contribution in [0.1, 0.15) is 16.1 Å². The molecule has 0 fully saturated rings. The highest BCUT2D eigenvalue weighted by atomic mass is 127. The number of nitrogens with two attached hydrogens (primary N) is 1. The second-order valence-corrected chi connectivity index (χ2v) is 7.58. The number of hydrogen-bond donors (Lipinski definition) is 2. The van der Waals surface area contributed by atoms with Crippen LogP contribution in [-0.2, 0) is 13.0 Å². The number of aliphatic imine (C=N–C) groups is 1. The van der Waals surface area contributed by atoms with Crippen molar-refractivity contribution in [3.05, 3.63) is 64.0 Å². The number of thiazole rings is 1. The summed E-state index contributed by atoms with van der Waals surface area (Å²) in [6, 6.07) is 14.2. The van der Waals surface area contributed by atoms with E-state index in [1.807, 2.05) is 25.1 Å². The minimum atomic E-state index is 0. The summed E-state index contributed by atoms with van der Waals surface area (Å²) in [5, 5.41) is 6.33. The van der Waals surface area contributed by atoms with Crippen molar-refractivity contribution >= 4 is 41.3 Å². The molecule has 30 heavy (non-hydrogen) atoms. The van der Waals surface area contributed by atoms with Crippen LogP contribution in [0.2, 0.25) is 0 Å². The van der Waals surface area contributed by atoms with E-state index in [1.54, 1.807) is 25.6 Å². The lowest BCUT2D eigenvalue weighted by molar-refractivity contribution is 0.354. The Morgan fingerprint density at radius 2 is 1.77 bits per heavy atom. The molecule has 0 saturated heterocycles. The van der Waals surface area contributed by atoms with Gasteiger partial charge < -0.3 is 20.5 Å². The van der Waals surface area contributed by atoms with E-state index in [2.05, 4.69) is 44.9 Å². The summed E-state index contributed by atoms with van der Waals surface area (Å²) in [7, 11) is 3.23. The molecule has 0 radical (unpaired) electrons. The number of hydrogen-bond acceptors (Lipinski definition) is 5. The van der Waals surface area contributed by atoms with E-state index in [1.165, 1.54) is 5.56 Å². The maximum Gasteiger partial charge on any atom is 0.188 e. The van der Waals surface area contributed by atoms with E-state index in [0.29, 0.717) is 24.0 Å². The van der Waals surface area contributed by atoms with Gasteiger partial charge in [-0.15, -0.1) is 35.3 Å². The molecule has 3 N–H and O–H groups in total. The highest BCUT2D eigenvalue weighted by Crippen LogP contribution is 2.27. The Hall–Kier alpha value is -2.33. The maximum atomic E-state index is 5.99. The average molecular weight is 538 g/mol. The van der Waals surface area contributed by atoms with Gasteiger partial charge in [0.2, 0.25) is 0 Å². The van der Waals surface area contributed by atoms with Crippen molar-refractivity contribution in [2.75, 3.05) is 20.8 Å². The zero-order valence-corrected chi connectivity index (χ0v) is 20.5. The number of guanidine groups is 1. The van der Waals surface area contributed by atoms with Crippen molar-refractivity contribution < 1.29 is 9.47 Å². The normalized spacial score (nSPS) is 11.0. The van der Waals surface area contributed by atoms with E-state index < -0.39 is 0 Å². The van der Waals surface area contributed by atoms with Crippen LogP contribution in [0.5, 0.6) is 11.5 Å². The minimum Gasteiger partial charge on any atom is -0.493 e. The third kappa shape index (κ3) is 6.60. The molecule has 0 unspecified atom stereocenters. The van der Waals surface area contributed by atoms with Gasteiger partial charge in [-0.1, -0.05) is 30.3 Å². The predicted molar refractivity (Wildman–Crippen MR) is 134 cm³/mol. The molecule has 0 saturated carbocycles. The molecule has 6 nitrogen and oxygen atoms in total. The SMILES string of the molecule is COc1ccc(CN=C(N)NCCc2ccc(-c3csc(C)n3)cc2)cc1OC.I. The molecule has 3 rings (SSSR count). The van der Waals surface area contributed by atoms with E-state index in [4.69, 9.17) is 15.2 Å². The van der Waals surface area contributed by atoms with Gasteiger partial charge in [0, 0.05) is 17.5 Å². The third-order valence-corrected chi connectivity index (χ3v) is 5.24. The maximum absolute atomic E-state index is 5.99. The van der Waals surface area contributed by atoms with Crippen molar-refractivity contribution in [3.8, 4) is 22.8 Å². The average Bonchev–Trinajstić information content (AvgIpc) is 3.18. The summed E-state index contributed by atoms with van der Waals surface area (Å²) >= 11 is 1.67. The largest absolute Gasteiger partial charge is 0.493 e. The standard InChI is InChI=1S/C22H26N4O2S.HI/c1-15-26-19(14-29-15)18-7-4-16(5-8-18)10-11-24-22(23)25-13-17-6-9-20(27-2)21(12-17)28-3;/h4-9,12,14H,10-11,13H2,1-3H3,(H3,23,24,25);1H. The Morgan fingerprint density at radius 3 is 2.40 bits per heavy atom. The molecule has 160 valence electrons. The zero-order valence-electron chi connectivity index (χ0n) is 17.3. The third-order valence-electron chi connectivity index (χ3n) is 4.47. The van der Waals surface area contributed by atoms with Crippen LogP contribution >= 0.6 is 35.3 Å².